The average Bonchev–Trinajstić information content (AvgIpc) is 2.88. The maximum atomic E-state index is 9.03. The van der Waals surface area contributed by atoms with Crippen molar-refractivity contribution in [3.63, 3.8) is 0 Å². The summed E-state index contributed by atoms with van der Waals surface area (Å²) in [7, 11) is 0. The summed E-state index contributed by atoms with van der Waals surface area (Å²) in [5, 5.41) is 22.1. The molecule has 5 nitrogen and oxygen atoms in total. The van der Waals surface area contributed by atoms with Gasteiger partial charge in [0, 0.05) is 5.25 Å². The van der Waals surface area contributed by atoms with Crippen LogP contribution in [-0.4, -0.2) is 25.5 Å². The molecule has 0 bridgehead atoms. The minimum atomic E-state index is 0.175. The minimum Gasteiger partial charge on any atom is -0.217 e. The Morgan fingerprint density at radius 1 is 1.31 bits per heavy atom. The van der Waals surface area contributed by atoms with E-state index in [1.165, 1.54) is 12.8 Å². The van der Waals surface area contributed by atoms with Crippen LogP contribution in [0.2, 0.25) is 0 Å². The summed E-state index contributed by atoms with van der Waals surface area (Å²) in [4.78, 5) is 0. The SMILES string of the molecule is N#CC1CCCC1Sc1nnnn1C1CC1. The van der Waals surface area contributed by atoms with E-state index in [0.717, 1.165) is 24.4 Å². The molecule has 16 heavy (non-hydrogen) atoms. The number of nitriles is 1. The fraction of sp³-hybridized carbons (Fsp3) is 0.800. The van der Waals surface area contributed by atoms with E-state index < -0.39 is 0 Å². The maximum absolute atomic E-state index is 9.03. The van der Waals surface area contributed by atoms with Crippen molar-refractivity contribution in [1.29, 1.82) is 5.26 Å². The van der Waals surface area contributed by atoms with E-state index in [-0.39, 0.29) is 5.92 Å². The van der Waals surface area contributed by atoms with Crippen LogP contribution in [0.15, 0.2) is 5.16 Å². The fourth-order valence-electron chi connectivity index (χ4n) is 2.16. The molecule has 2 atom stereocenters. The van der Waals surface area contributed by atoms with Crippen molar-refractivity contribution in [3.05, 3.63) is 0 Å². The summed E-state index contributed by atoms with van der Waals surface area (Å²) in [5.74, 6) is 0.175. The maximum Gasteiger partial charge on any atom is 0.209 e. The monoisotopic (exact) mass is 235 g/mol. The Kier molecular flexibility index (Phi) is 2.56. The quantitative estimate of drug-likeness (QED) is 0.799. The van der Waals surface area contributed by atoms with Crippen LogP contribution in [0.25, 0.3) is 0 Å². The molecule has 2 aliphatic carbocycles. The van der Waals surface area contributed by atoms with E-state index in [2.05, 4.69) is 21.6 Å². The summed E-state index contributed by atoms with van der Waals surface area (Å²) in [5.41, 5.74) is 0. The molecule has 1 aromatic heterocycles. The lowest BCUT2D eigenvalue weighted by atomic mass is 10.1. The highest BCUT2D eigenvalue weighted by atomic mass is 32.2. The molecular weight excluding hydrogens is 222 g/mol. The molecule has 2 saturated carbocycles. The van der Waals surface area contributed by atoms with Crippen LogP contribution in [-0.2, 0) is 0 Å². The zero-order valence-corrected chi connectivity index (χ0v) is 9.73. The number of tetrazole rings is 1. The summed E-state index contributed by atoms with van der Waals surface area (Å²) < 4.78 is 1.93. The van der Waals surface area contributed by atoms with Crippen molar-refractivity contribution in [2.75, 3.05) is 0 Å². The molecule has 0 radical (unpaired) electrons. The van der Waals surface area contributed by atoms with Gasteiger partial charge in [0.2, 0.25) is 5.16 Å². The van der Waals surface area contributed by atoms with Gasteiger partial charge >= 0.3 is 0 Å². The van der Waals surface area contributed by atoms with Crippen LogP contribution >= 0.6 is 11.8 Å². The van der Waals surface area contributed by atoms with Gasteiger partial charge in [0.25, 0.3) is 0 Å². The third kappa shape index (κ3) is 1.80. The van der Waals surface area contributed by atoms with Crippen LogP contribution < -0.4 is 0 Å². The average molecular weight is 235 g/mol. The van der Waals surface area contributed by atoms with E-state index in [1.807, 2.05) is 4.68 Å². The van der Waals surface area contributed by atoms with Crippen molar-refractivity contribution in [2.45, 2.75) is 48.6 Å². The molecule has 0 amide bonds. The summed E-state index contributed by atoms with van der Waals surface area (Å²) in [6.45, 7) is 0. The van der Waals surface area contributed by atoms with Crippen molar-refractivity contribution in [3.8, 4) is 6.07 Å². The zero-order chi connectivity index (χ0) is 11.0. The number of rotatable bonds is 3. The van der Waals surface area contributed by atoms with Gasteiger partial charge in [-0.2, -0.15) is 5.26 Å². The molecule has 6 heteroatoms. The predicted octanol–water partition coefficient (Wildman–Crippen LogP) is 1.79. The molecule has 0 saturated heterocycles. The van der Waals surface area contributed by atoms with E-state index in [1.54, 1.807) is 11.8 Å². The Morgan fingerprint density at radius 3 is 2.94 bits per heavy atom. The van der Waals surface area contributed by atoms with Gasteiger partial charge < -0.3 is 0 Å². The highest BCUT2D eigenvalue weighted by molar-refractivity contribution is 7.99. The second-order valence-electron chi connectivity index (χ2n) is 4.46. The van der Waals surface area contributed by atoms with E-state index in [9.17, 15) is 0 Å². The van der Waals surface area contributed by atoms with Crippen LogP contribution in [0.1, 0.15) is 38.1 Å². The number of hydrogen-bond acceptors (Lipinski definition) is 5. The van der Waals surface area contributed by atoms with Crippen molar-refractivity contribution < 1.29 is 0 Å². The first-order chi connectivity index (χ1) is 7.88. The lowest BCUT2D eigenvalue weighted by molar-refractivity contribution is 0.563. The number of hydrogen-bond donors (Lipinski definition) is 0. The Hall–Kier alpha value is -1.09. The topological polar surface area (TPSA) is 67.4 Å². The van der Waals surface area contributed by atoms with Gasteiger partial charge in [0.05, 0.1) is 18.0 Å². The van der Waals surface area contributed by atoms with Gasteiger partial charge in [-0.25, -0.2) is 4.68 Å². The van der Waals surface area contributed by atoms with E-state index in [4.69, 9.17) is 5.26 Å². The Labute approximate surface area is 98.2 Å². The Balaban J connectivity index is 1.73. The third-order valence-corrected chi connectivity index (χ3v) is 4.58. The smallest absolute Gasteiger partial charge is 0.209 e. The number of aromatic nitrogens is 4. The van der Waals surface area contributed by atoms with Crippen molar-refractivity contribution in [2.24, 2.45) is 5.92 Å². The van der Waals surface area contributed by atoms with Crippen LogP contribution in [0.5, 0.6) is 0 Å². The molecule has 0 aliphatic heterocycles. The lowest BCUT2D eigenvalue weighted by Crippen LogP contribution is -2.09. The molecule has 2 unspecified atom stereocenters. The van der Waals surface area contributed by atoms with Gasteiger partial charge in [0.15, 0.2) is 0 Å². The number of nitrogens with zero attached hydrogens (tertiary/aromatic N) is 5. The van der Waals surface area contributed by atoms with Crippen LogP contribution in [0.4, 0.5) is 0 Å². The molecule has 0 spiro atoms. The molecule has 0 aromatic carbocycles. The molecule has 84 valence electrons. The molecule has 1 heterocycles. The molecule has 1 aromatic rings. The Morgan fingerprint density at radius 2 is 2.19 bits per heavy atom. The molecule has 2 aliphatic rings. The molecule has 0 N–H and O–H groups in total. The zero-order valence-electron chi connectivity index (χ0n) is 8.91. The van der Waals surface area contributed by atoms with Gasteiger partial charge in [0.1, 0.15) is 0 Å². The standard InChI is InChI=1S/C10H13N5S/c11-6-7-2-1-3-9(7)16-10-12-13-14-15(10)8-4-5-8/h7-9H,1-5H2. The fourth-order valence-corrected chi connectivity index (χ4v) is 3.46. The normalized spacial score (nSPS) is 29.2. The van der Waals surface area contributed by atoms with Gasteiger partial charge in [-0.05, 0) is 36.1 Å². The van der Waals surface area contributed by atoms with E-state index in [0.29, 0.717) is 11.3 Å². The van der Waals surface area contributed by atoms with E-state index >= 15 is 0 Å². The summed E-state index contributed by atoms with van der Waals surface area (Å²) in [6, 6.07) is 2.91. The van der Waals surface area contributed by atoms with Gasteiger partial charge in [-0.3, -0.25) is 0 Å². The second kappa shape index (κ2) is 4.06. The highest BCUT2D eigenvalue weighted by Gasteiger charge is 2.33. The highest BCUT2D eigenvalue weighted by Crippen LogP contribution is 2.41. The summed E-state index contributed by atoms with van der Waals surface area (Å²) in [6.07, 6.45) is 5.66. The first-order valence-electron chi connectivity index (χ1n) is 5.72. The van der Waals surface area contributed by atoms with Gasteiger partial charge in [-0.1, -0.05) is 18.2 Å². The lowest BCUT2D eigenvalue weighted by Gasteiger charge is -2.11. The van der Waals surface area contributed by atoms with Crippen LogP contribution in [0.3, 0.4) is 0 Å². The van der Waals surface area contributed by atoms with Crippen molar-refractivity contribution >= 4 is 11.8 Å². The first kappa shape index (κ1) is 10.1. The summed E-state index contributed by atoms with van der Waals surface area (Å²) >= 11 is 1.69. The second-order valence-corrected chi connectivity index (χ2v) is 5.67. The first-order valence-corrected chi connectivity index (χ1v) is 6.60. The largest absolute Gasteiger partial charge is 0.217 e. The minimum absolute atomic E-state index is 0.175. The predicted molar refractivity (Wildman–Crippen MR) is 58.7 cm³/mol. The van der Waals surface area contributed by atoms with Crippen molar-refractivity contribution in [1.82, 2.24) is 20.2 Å². The molecule has 3 rings (SSSR count). The third-order valence-electron chi connectivity index (χ3n) is 3.23. The number of thioether (sulfide) groups is 1. The Bertz CT molecular complexity index is 419. The molecular formula is C10H13N5S. The molecule has 2 fully saturated rings. The van der Waals surface area contributed by atoms with Gasteiger partial charge in [-0.15, -0.1) is 5.10 Å². The van der Waals surface area contributed by atoms with Crippen LogP contribution in [0, 0.1) is 17.2 Å².